The summed E-state index contributed by atoms with van der Waals surface area (Å²) in [6, 6.07) is 5.18. The van der Waals surface area contributed by atoms with Gasteiger partial charge >= 0.3 is 0 Å². The van der Waals surface area contributed by atoms with Gasteiger partial charge in [-0.25, -0.2) is 13.8 Å². The highest BCUT2D eigenvalue weighted by Crippen LogP contribution is 2.19. The second kappa shape index (κ2) is 5.70. The number of aryl methyl sites for hydroxylation is 1. The minimum Gasteiger partial charge on any atom is -0.343 e. The van der Waals surface area contributed by atoms with E-state index in [1.54, 1.807) is 12.1 Å². The number of hydrogen-bond acceptors (Lipinski definition) is 3. The van der Waals surface area contributed by atoms with Crippen molar-refractivity contribution in [2.45, 2.75) is 19.9 Å². The molecular formula is C16H16F2N4O2. The normalized spacial score (nSPS) is 11.6. The fourth-order valence-electron chi connectivity index (χ4n) is 2.72. The van der Waals surface area contributed by atoms with Gasteiger partial charge in [-0.1, -0.05) is 11.6 Å². The molecule has 0 unspecified atom stereocenters. The zero-order valence-corrected chi connectivity index (χ0v) is 13.5. The Hall–Kier alpha value is -2.77. The number of amides is 1. The van der Waals surface area contributed by atoms with Crippen LogP contribution in [0.3, 0.4) is 0 Å². The Morgan fingerprint density at radius 2 is 2.04 bits per heavy atom. The molecule has 0 bridgehead atoms. The average Bonchev–Trinajstić information content (AvgIpc) is 2.94. The van der Waals surface area contributed by atoms with Gasteiger partial charge in [0.25, 0.3) is 17.9 Å². The van der Waals surface area contributed by atoms with Crippen molar-refractivity contribution in [3.63, 3.8) is 0 Å². The van der Waals surface area contributed by atoms with Crippen LogP contribution in [0.5, 0.6) is 0 Å². The maximum atomic E-state index is 13.0. The molecule has 126 valence electrons. The summed E-state index contributed by atoms with van der Waals surface area (Å²) in [6.07, 6.45) is -1.35. The number of hydrogen-bond donors (Lipinski definition) is 0. The number of benzene rings is 1. The molecule has 2 heterocycles. The molecule has 2 aromatic heterocycles. The number of rotatable bonds is 3. The molecule has 3 aromatic rings. The van der Waals surface area contributed by atoms with E-state index in [0.29, 0.717) is 10.9 Å². The van der Waals surface area contributed by atoms with Crippen LogP contribution in [-0.4, -0.2) is 45.3 Å². The molecule has 0 N–H and O–H groups in total. The maximum Gasteiger partial charge on any atom is 0.275 e. The molecule has 0 spiro atoms. The zero-order chi connectivity index (χ0) is 17.6. The largest absolute Gasteiger partial charge is 0.343 e. The van der Waals surface area contributed by atoms with Gasteiger partial charge in [-0.05, 0) is 19.1 Å². The minimum absolute atomic E-state index is 0.0276. The lowest BCUT2D eigenvalue weighted by Crippen LogP contribution is -2.29. The summed E-state index contributed by atoms with van der Waals surface area (Å²) in [7, 11) is 3.07. The van der Waals surface area contributed by atoms with Crippen molar-refractivity contribution in [1.29, 1.82) is 0 Å². The van der Waals surface area contributed by atoms with E-state index >= 15 is 0 Å². The summed E-state index contributed by atoms with van der Waals surface area (Å²) in [6.45, 7) is 1.01. The standard InChI is InChI=1S/C16H16F2N4O2/c1-9-4-5-11-10(6-9)15(23)21(7-12(17)18)14-13(16(24)20(2)3)19-8-22(11)14/h4-6,8,12H,7H2,1-3H3. The third kappa shape index (κ3) is 2.44. The Morgan fingerprint density at radius 3 is 2.67 bits per heavy atom. The van der Waals surface area contributed by atoms with E-state index in [9.17, 15) is 18.4 Å². The van der Waals surface area contributed by atoms with E-state index in [-0.39, 0.29) is 11.3 Å². The van der Waals surface area contributed by atoms with Gasteiger partial charge < -0.3 is 4.90 Å². The first-order valence-corrected chi connectivity index (χ1v) is 7.31. The summed E-state index contributed by atoms with van der Waals surface area (Å²) in [5.41, 5.74) is 0.856. The van der Waals surface area contributed by atoms with Crippen molar-refractivity contribution in [2.75, 3.05) is 14.1 Å². The van der Waals surface area contributed by atoms with Crippen LogP contribution in [0.4, 0.5) is 8.78 Å². The third-order valence-corrected chi connectivity index (χ3v) is 3.81. The van der Waals surface area contributed by atoms with E-state index < -0.39 is 24.4 Å². The van der Waals surface area contributed by atoms with Gasteiger partial charge in [-0.3, -0.25) is 18.6 Å². The van der Waals surface area contributed by atoms with Crippen LogP contribution in [0.15, 0.2) is 29.3 Å². The number of fused-ring (bicyclic) bond motifs is 3. The van der Waals surface area contributed by atoms with Crippen molar-refractivity contribution >= 4 is 22.5 Å². The molecule has 0 fully saturated rings. The van der Waals surface area contributed by atoms with E-state index in [4.69, 9.17) is 0 Å². The van der Waals surface area contributed by atoms with Crippen molar-refractivity contribution in [3.8, 4) is 0 Å². The molecule has 0 radical (unpaired) electrons. The zero-order valence-electron chi connectivity index (χ0n) is 13.5. The van der Waals surface area contributed by atoms with Crippen LogP contribution < -0.4 is 5.56 Å². The lowest BCUT2D eigenvalue weighted by molar-refractivity contribution is 0.0822. The highest BCUT2D eigenvalue weighted by Gasteiger charge is 2.23. The van der Waals surface area contributed by atoms with Crippen LogP contribution >= 0.6 is 0 Å². The van der Waals surface area contributed by atoms with Gasteiger partial charge in [-0.15, -0.1) is 0 Å². The number of imidazole rings is 1. The van der Waals surface area contributed by atoms with Crippen molar-refractivity contribution in [1.82, 2.24) is 18.9 Å². The SMILES string of the molecule is Cc1ccc2c(c1)c(=O)n(CC(F)F)c1c(C(=O)N(C)C)ncn21. The molecule has 1 aromatic carbocycles. The second-order valence-corrected chi connectivity index (χ2v) is 5.81. The molecule has 0 saturated carbocycles. The highest BCUT2D eigenvalue weighted by atomic mass is 19.3. The van der Waals surface area contributed by atoms with Crippen LogP contribution in [0.25, 0.3) is 16.6 Å². The number of aromatic nitrogens is 3. The molecular weight excluding hydrogens is 318 g/mol. The van der Waals surface area contributed by atoms with Gasteiger partial charge in [0.1, 0.15) is 6.33 Å². The molecule has 24 heavy (non-hydrogen) atoms. The van der Waals surface area contributed by atoms with Crippen molar-refractivity contribution < 1.29 is 13.6 Å². The number of alkyl halides is 2. The Morgan fingerprint density at radius 1 is 1.33 bits per heavy atom. The molecule has 0 aliphatic carbocycles. The van der Waals surface area contributed by atoms with Crippen molar-refractivity contribution in [3.05, 3.63) is 46.1 Å². The summed E-state index contributed by atoms with van der Waals surface area (Å²) in [5.74, 6) is -0.452. The molecule has 1 amide bonds. The van der Waals surface area contributed by atoms with Crippen LogP contribution in [-0.2, 0) is 6.54 Å². The first-order chi connectivity index (χ1) is 11.3. The number of carbonyl (C=O) groups is 1. The second-order valence-electron chi connectivity index (χ2n) is 5.81. The fourth-order valence-corrected chi connectivity index (χ4v) is 2.72. The van der Waals surface area contributed by atoms with Gasteiger partial charge in [0.2, 0.25) is 0 Å². The van der Waals surface area contributed by atoms with E-state index in [2.05, 4.69) is 4.98 Å². The monoisotopic (exact) mass is 334 g/mol. The Bertz CT molecular complexity index is 1000. The van der Waals surface area contributed by atoms with Crippen LogP contribution in [0.2, 0.25) is 0 Å². The average molecular weight is 334 g/mol. The third-order valence-electron chi connectivity index (χ3n) is 3.81. The van der Waals surface area contributed by atoms with Gasteiger partial charge in [0.05, 0.1) is 17.4 Å². The maximum absolute atomic E-state index is 13.0. The van der Waals surface area contributed by atoms with E-state index in [1.807, 2.05) is 13.0 Å². The predicted octanol–water partition coefficient (Wildman–Crippen LogP) is 1.92. The molecule has 0 aliphatic rings. The van der Waals surface area contributed by atoms with Crippen molar-refractivity contribution in [2.24, 2.45) is 0 Å². The molecule has 6 nitrogen and oxygen atoms in total. The number of carbonyl (C=O) groups excluding carboxylic acids is 1. The summed E-state index contributed by atoms with van der Waals surface area (Å²) in [5, 5.41) is 0.310. The Kier molecular flexibility index (Phi) is 3.82. The number of halogens is 2. The van der Waals surface area contributed by atoms with E-state index in [1.165, 1.54) is 29.7 Å². The topological polar surface area (TPSA) is 59.6 Å². The first-order valence-electron chi connectivity index (χ1n) is 7.31. The Balaban J connectivity index is 2.48. The van der Waals surface area contributed by atoms with Gasteiger partial charge in [0.15, 0.2) is 11.3 Å². The summed E-state index contributed by atoms with van der Waals surface area (Å²) >= 11 is 0. The van der Waals surface area contributed by atoms with E-state index in [0.717, 1.165) is 10.1 Å². The van der Waals surface area contributed by atoms with Gasteiger partial charge in [-0.2, -0.15) is 0 Å². The Labute approximate surface area is 135 Å². The molecule has 0 atom stereocenters. The molecule has 0 aliphatic heterocycles. The van der Waals surface area contributed by atoms with Gasteiger partial charge in [0, 0.05) is 14.1 Å². The fraction of sp³-hybridized carbons (Fsp3) is 0.312. The lowest BCUT2D eigenvalue weighted by Gasteiger charge is -2.14. The number of nitrogens with zero attached hydrogens (tertiary/aromatic N) is 4. The quantitative estimate of drug-likeness (QED) is 0.735. The summed E-state index contributed by atoms with van der Waals surface area (Å²) in [4.78, 5) is 30.4. The summed E-state index contributed by atoms with van der Waals surface area (Å²) < 4.78 is 28.5. The molecule has 3 rings (SSSR count). The lowest BCUT2D eigenvalue weighted by atomic mass is 10.1. The molecule has 8 heteroatoms. The molecule has 0 saturated heterocycles. The van der Waals surface area contributed by atoms with Crippen LogP contribution in [0.1, 0.15) is 16.1 Å². The highest BCUT2D eigenvalue weighted by molar-refractivity contribution is 5.99. The minimum atomic E-state index is -2.73. The smallest absolute Gasteiger partial charge is 0.275 e. The van der Waals surface area contributed by atoms with Crippen LogP contribution in [0, 0.1) is 6.92 Å². The predicted molar refractivity (Wildman–Crippen MR) is 85.7 cm³/mol. The first kappa shape index (κ1) is 16.1.